The number of hydrogen-bond acceptors (Lipinski definition) is 5. The van der Waals surface area contributed by atoms with E-state index in [1.165, 1.54) is 19.3 Å². The molecule has 5 heteroatoms. The summed E-state index contributed by atoms with van der Waals surface area (Å²) in [6.45, 7) is 3.30. The van der Waals surface area contributed by atoms with E-state index in [1.807, 2.05) is 6.07 Å². The van der Waals surface area contributed by atoms with Gasteiger partial charge in [-0.1, -0.05) is 0 Å². The van der Waals surface area contributed by atoms with Crippen LogP contribution in [0.1, 0.15) is 26.2 Å². The average Bonchev–Trinajstić information content (AvgIpc) is 2.30. The van der Waals surface area contributed by atoms with Gasteiger partial charge in [-0.15, -0.1) is 0 Å². The highest BCUT2D eigenvalue weighted by atomic mass is 15.3. The molecule has 3 N–H and O–H groups in total. The molecule has 0 aromatic carbocycles. The van der Waals surface area contributed by atoms with Crippen molar-refractivity contribution in [3.05, 3.63) is 12.4 Å². The van der Waals surface area contributed by atoms with Crippen molar-refractivity contribution in [3.8, 4) is 0 Å². The summed E-state index contributed by atoms with van der Waals surface area (Å²) in [7, 11) is 0. The molecule has 1 fully saturated rings. The minimum absolute atomic E-state index is 0.555. The van der Waals surface area contributed by atoms with Crippen LogP contribution in [0.2, 0.25) is 0 Å². The van der Waals surface area contributed by atoms with Crippen LogP contribution in [0.25, 0.3) is 0 Å². The third-order valence-corrected chi connectivity index (χ3v) is 2.90. The van der Waals surface area contributed by atoms with Crippen LogP contribution in [-0.2, 0) is 0 Å². The first-order valence-electron chi connectivity index (χ1n) is 5.36. The Morgan fingerprint density at radius 3 is 3.07 bits per heavy atom. The molecule has 0 radical (unpaired) electrons. The molecule has 82 valence electrons. The fourth-order valence-corrected chi connectivity index (χ4v) is 2.02. The molecule has 0 saturated carbocycles. The zero-order chi connectivity index (χ0) is 10.7. The van der Waals surface area contributed by atoms with E-state index in [0.29, 0.717) is 11.9 Å². The second-order valence-corrected chi connectivity index (χ2v) is 3.94. The summed E-state index contributed by atoms with van der Waals surface area (Å²) in [6, 6.07) is 2.45. The minimum Gasteiger partial charge on any atom is -0.354 e. The quantitative estimate of drug-likeness (QED) is 0.562. The predicted octanol–water partition coefficient (Wildman–Crippen LogP) is 1.14. The fraction of sp³-hybridized carbons (Fsp3) is 0.600. The lowest BCUT2D eigenvalue weighted by molar-refractivity contribution is 0.481. The zero-order valence-corrected chi connectivity index (χ0v) is 8.98. The molecule has 2 rings (SSSR count). The number of anilines is 2. The Kier molecular flexibility index (Phi) is 3.01. The number of nitrogen functional groups attached to an aromatic ring is 1. The lowest BCUT2D eigenvalue weighted by Crippen LogP contribution is -2.38. The highest BCUT2D eigenvalue weighted by Gasteiger charge is 2.19. The van der Waals surface area contributed by atoms with E-state index in [2.05, 4.69) is 27.2 Å². The fourth-order valence-electron chi connectivity index (χ4n) is 2.02. The zero-order valence-electron chi connectivity index (χ0n) is 8.98. The first-order valence-corrected chi connectivity index (χ1v) is 5.36. The first kappa shape index (κ1) is 10.2. The van der Waals surface area contributed by atoms with E-state index < -0.39 is 0 Å². The van der Waals surface area contributed by atoms with Crippen LogP contribution in [0.3, 0.4) is 0 Å². The molecule has 15 heavy (non-hydrogen) atoms. The van der Waals surface area contributed by atoms with E-state index in [-0.39, 0.29) is 0 Å². The van der Waals surface area contributed by atoms with Crippen molar-refractivity contribution in [3.63, 3.8) is 0 Å². The van der Waals surface area contributed by atoms with Gasteiger partial charge in [-0.3, -0.25) is 0 Å². The molecule has 0 amide bonds. The lowest BCUT2D eigenvalue weighted by atomic mass is 10.0. The topological polar surface area (TPSA) is 67.1 Å². The third-order valence-electron chi connectivity index (χ3n) is 2.90. The van der Waals surface area contributed by atoms with Gasteiger partial charge in [0.05, 0.1) is 0 Å². The summed E-state index contributed by atoms with van der Waals surface area (Å²) >= 11 is 0. The van der Waals surface area contributed by atoms with Gasteiger partial charge in [0.2, 0.25) is 0 Å². The number of hydrazine groups is 1. The van der Waals surface area contributed by atoms with E-state index in [4.69, 9.17) is 5.84 Å². The van der Waals surface area contributed by atoms with Crippen LogP contribution in [0.5, 0.6) is 0 Å². The summed E-state index contributed by atoms with van der Waals surface area (Å²) in [5.74, 6) is 6.95. The molecule has 1 saturated heterocycles. The SMILES string of the molecule is CC1CCCCN1c1cc(NN)ncn1. The van der Waals surface area contributed by atoms with Crippen LogP contribution in [0.4, 0.5) is 11.6 Å². The van der Waals surface area contributed by atoms with Crippen molar-refractivity contribution >= 4 is 11.6 Å². The largest absolute Gasteiger partial charge is 0.354 e. The van der Waals surface area contributed by atoms with Gasteiger partial charge < -0.3 is 10.3 Å². The van der Waals surface area contributed by atoms with Gasteiger partial charge in [0.15, 0.2) is 0 Å². The molecule has 5 nitrogen and oxygen atoms in total. The van der Waals surface area contributed by atoms with Crippen LogP contribution in [0.15, 0.2) is 12.4 Å². The Balaban J connectivity index is 2.19. The molecule has 2 heterocycles. The number of nitrogens with one attached hydrogen (secondary N) is 1. The standard InChI is InChI=1S/C10H17N5/c1-8-4-2-3-5-15(8)10-6-9(14-11)12-7-13-10/h6-8H,2-5,11H2,1H3,(H,12,13,14). The Morgan fingerprint density at radius 2 is 2.33 bits per heavy atom. The van der Waals surface area contributed by atoms with Gasteiger partial charge >= 0.3 is 0 Å². The van der Waals surface area contributed by atoms with Crippen LogP contribution in [0, 0.1) is 0 Å². The maximum Gasteiger partial charge on any atom is 0.145 e. The maximum absolute atomic E-state index is 5.32. The van der Waals surface area contributed by atoms with Gasteiger partial charge in [0.1, 0.15) is 18.0 Å². The van der Waals surface area contributed by atoms with E-state index in [1.54, 1.807) is 6.33 Å². The Morgan fingerprint density at radius 1 is 1.47 bits per heavy atom. The van der Waals surface area contributed by atoms with Crippen molar-refractivity contribution in [2.45, 2.75) is 32.2 Å². The number of hydrogen-bond donors (Lipinski definition) is 2. The number of nitrogens with two attached hydrogens (primary N) is 1. The second kappa shape index (κ2) is 4.44. The summed E-state index contributed by atoms with van der Waals surface area (Å²) in [4.78, 5) is 10.6. The summed E-state index contributed by atoms with van der Waals surface area (Å²) < 4.78 is 0. The van der Waals surface area contributed by atoms with E-state index in [9.17, 15) is 0 Å². The van der Waals surface area contributed by atoms with Crippen molar-refractivity contribution in [2.24, 2.45) is 5.84 Å². The normalized spacial score (nSPS) is 21.5. The molecule has 1 unspecified atom stereocenters. The van der Waals surface area contributed by atoms with Crippen molar-refractivity contribution in [1.29, 1.82) is 0 Å². The van der Waals surface area contributed by atoms with Crippen molar-refractivity contribution in [1.82, 2.24) is 9.97 Å². The van der Waals surface area contributed by atoms with Crippen molar-refractivity contribution < 1.29 is 0 Å². The number of piperidine rings is 1. The predicted molar refractivity (Wildman–Crippen MR) is 60.5 cm³/mol. The maximum atomic E-state index is 5.32. The monoisotopic (exact) mass is 207 g/mol. The Bertz CT molecular complexity index is 327. The highest BCUT2D eigenvalue weighted by molar-refractivity contribution is 5.48. The molecule has 0 bridgehead atoms. The Labute approximate surface area is 89.7 Å². The van der Waals surface area contributed by atoms with Gasteiger partial charge in [0.25, 0.3) is 0 Å². The molecular formula is C10H17N5. The van der Waals surface area contributed by atoms with Crippen LogP contribution < -0.4 is 16.2 Å². The Hall–Kier alpha value is -1.36. The lowest BCUT2D eigenvalue weighted by Gasteiger charge is -2.34. The molecular weight excluding hydrogens is 190 g/mol. The number of nitrogens with zero attached hydrogens (tertiary/aromatic N) is 3. The third kappa shape index (κ3) is 2.18. The number of aromatic nitrogens is 2. The molecule has 0 spiro atoms. The minimum atomic E-state index is 0.555. The highest BCUT2D eigenvalue weighted by Crippen LogP contribution is 2.23. The first-order chi connectivity index (χ1) is 7.31. The summed E-state index contributed by atoms with van der Waals surface area (Å²) in [5.41, 5.74) is 2.54. The van der Waals surface area contributed by atoms with E-state index >= 15 is 0 Å². The number of rotatable bonds is 2. The van der Waals surface area contributed by atoms with Gasteiger partial charge in [-0.2, -0.15) is 0 Å². The smallest absolute Gasteiger partial charge is 0.145 e. The van der Waals surface area contributed by atoms with Gasteiger partial charge in [-0.05, 0) is 26.2 Å². The second-order valence-electron chi connectivity index (χ2n) is 3.94. The molecule has 1 aliphatic heterocycles. The molecule has 1 atom stereocenters. The van der Waals surface area contributed by atoms with Crippen molar-refractivity contribution in [2.75, 3.05) is 16.9 Å². The van der Waals surface area contributed by atoms with Gasteiger partial charge in [-0.25, -0.2) is 15.8 Å². The molecule has 1 aromatic heterocycles. The van der Waals surface area contributed by atoms with Crippen LogP contribution >= 0.6 is 0 Å². The van der Waals surface area contributed by atoms with Crippen LogP contribution in [-0.4, -0.2) is 22.6 Å². The molecule has 1 aromatic rings. The van der Waals surface area contributed by atoms with Gasteiger partial charge in [0, 0.05) is 18.7 Å². The van der Waals surface area contributed by atoms with E-state index in [0.717, 1.165) is 12.4 Å². The molecule has 0 aliphatic carbocycles. The average molecular weight is 207 g/mol. The molecule has 1 aliphatic rings. The summed E-state index contributed by atoms with van der Waals surface area (Å²) in [5, 5.41) is 0. The summed E-state index contributed by atoms with van der Waals surface area (Å²) in [6.07, 6.45) is 5.33.